The first-order valence-corrected chi connectivity index (χ1v) is 17.5. The molecule has 0 atom stereocenters. The molecule has 0 amide bonds. The highest BCUT2D eigenvalue weighted by atomic mass is 32.2. The fourth-order valence-corrected chi connectivity index (χ4v) is 11.9. The molecule has 0 bridgehead atoms. The predicted molar refractivity (Wildman–Crippen MR) is 158 cm³/mol. The van der Waals surface area contributed by atoms with Gasteiger partial charge in [-0.3, -0.25) is 0 Å². The lowest BCUT2D eigenvalue weighted by Gasteiger charge is -2.31. The Morgan fingerprint density at radius 1 is 0.657 bits per heavy atom. The second-order valence-electron chi connectivity index (χ2n) is 11.0. The Labute approximate surface area is 217 Å². The third kappa shape index (κ3) is 5.42. The molecule has 2 saturated heterocycles. The highest BCUT2D eigenvalue weighted by molar-refractivity contribution is 8.17. The third-order valence-corrected chi connectivity index (χ3v) is 14.2. The van der Waals surface area contributed by atoms with Crippen molar-refractivity contribution in [1.29, 1.82) is 0 Å². The summed E-state index contributed by atoms with van der Waals surface area (Å²) in [7, 11) is 0.154. The summed E-state index contributed by atoms with van der Waals surface area (Å²) < 4.78 is 6.53. The van der Waals surface area contributed by atoms with Crippen molar-refractivity contribution in [3.8, 4) is 5.75 Å². The van der Waals surface area contributed by atoms with Crippen LogP contribution < -0.4 is 4.74 Å². The molecule has 3 aromatic rings. The van der Waals surface area contributed by atoms with E-state index in [0.717, 1.165) is 18.3 Å². The van der Waals surface area contributed by atoms with Crippen LogP contribution in [0.2, 0.25) is 0 Å². The molecule has 0 spiro atoms. The zero-order chi connectivity index (χ0) is 23.5. The number of thiol groups is 2. The van der Waals surface area contributed by atoms with Crippen LogP contribution in [0.1, 0.15) is 69.3 Å². The molecule has 188 valence electrons. The summed E-state index contributed by atoms with van der Waals surface area (Å²) in [5.41, 5.74) is 1.62. The fourth-order valence-electron chi connectivity index (χ4n) is 6.61. The van der Waals surface area contributed by atoms with Gasteiger partial charge in [0.2, 0.25) is 0 Å². The summed E-state index contributed by atoms with van der Waals surface area (Å²) in [6, 6.07) is 23.4. The molecule has 6 rings (SSSR count). The maximum Gasteiger partial charge on any atom is 0.127 e. The van der Waals surface area contributed by atoms with Gasteiger partial charge in [0.25, 0.3) is 0 Å². The van der Waals surface area contributed by atoms with Crippen molar-refractivity contribution in [2.24, 2.45) is 5.92 Å². The van der Waals surface area contributed by atoms with Crippen LogP contribution in [0.15, 0.2) is 70.5 Å². The molecule has 3 fully saturated rings. The lowest BCUT2D eigenvalue weighted by molar-refractivity contribution is 0.201. The topological polar surface area (TPSA) is 9.23 Å². The van der Waals surface area contributed by atoms with Crippen molar-refractivity contribution >= 4 is 32.6 Å². The highest BCUT2D eigenvalue weighted by Crippen LogP contribution is 2.48. The number of fused-ring (bicyclic) bond motifs is 1. The van der Waals surface area contributed by atoms with Crippen LogP contribution in [0.25, 0.3) is 10.8 Å². The lowest BCUT2D eigenvalue weighted by atomic mass is 9.79. The van der Waals surface area contributed by atoms with Gasteiger partial charge in [-0.15, -0.1) is 0 Å². The molecule has 1 aliphatic carbocycles. The van der Waals surface area contributed by atoms with Gasteiger partial charge >= 0.3 is 0 Å². The van der Waals surface area contributed by atoms with Gasteiger partial charge in [0, 0.05) is 5.39 Å². The first kappa shape index (κ1) is 23.8. The van der Waals surface area contributed by atoms with Crippen molar-refractivity contribution in [3.63, 3.8) is 0 Å². The summed E-state index contributed by atoms with van der Waals surface area (Å²) in [6.45, 7) is 0.871. The van der Waals surface area contributed by atoms with E-state index in [0.29, 0.717) is 5.92 Å². The number of benzene rings is 3. The lowest BCUT2D eigenvalue weighted by Crippen LogP contribution is -2.19. The number of hydrogen-bond acceptors (Lipinski definition) is 1. The van der Waals surface area contributed by atoms with Gasteiger partial charge in [0.05, 0.1) is 6.61 Å². The number of ether oxygens (including phenoxy) is 1. The molecule has 3 aliphatic rings. The van der Waals surface area contributed by atoms with Crippen LogP contribution >= 0.6 is 21.8 Å². The van der Waals surface area contributed by atoms with Gasteiger partial charge in [0.1, 0.15) is 5.75 Å². The summed E-state index contributed by atoms with van der Waals surface area (Å²) in [5, 5.41) is 2.77. The zero-order valence-electron chi connectivity index (χ0n) is 21.1. The molecule has 0 radical (unpaired) electrons. The van der Waals surface area contributed by atoms with E-state index in [4.69, 9.17) is 4.74 Å². The van der Waals surface area contributed by atoms with Crippen LogP contribution in [0, 0.1) is 5.92 Å². The monoisotopic (exact) mass is 506 g/mol. The van der Waals surface area contributed by atoms with Gasteiger partial charge in [-0.25, -0.2) is 21.8 Å². The standard InChI is InChI=1S/C32H42OS2/c1-4-19-34(20-5-1)28-10-8-9-27(23-28)26-15-13-25(14-16-26)24-33-31-17-18-32(35-21-6-7-22-35)30-12-3-2-11-29(30)31/h2-3,8-12,17-18,23,25-26,34-35H,1,4-7,13-16,19-22,24H2. The maximum atomic E-state index is 6.53. The van der Waals surface area contributed by atoms with Crippen molar-refractivity contribution < 1.29 is 4.74 Å². The summed E-state index contributed by atoms with van der Waals surface area (Å²) in [5.74, 6) is 8.28. The van der Waals surface area contributed by atoms with Crippen molar-refractivity contribution in [1.82, 2.24) is 0 Å². The molecule has 35 heavy (non-hydrogen) atoms. The Kier molecular flexibility index (Phi) is 7.63. The average Bonchev–Trinajstić information content (AvgIpc) is 3.47. The minimum Gasteiger partial charge on any atom is -0.493 e. The smallest absolute Gasteiger partial charge is 0.127 e. The third-order valence-electron chi connectivity index (χ3n) is 8.69. The second kappa shape index (κ2) is 11.2. The van der Waals surface area contributed by atoms with Gasteiger partial charge in [-0.05, 0) is 125 Å². The number of hydrogen-bond donors (Lipinski definition) is 2. The van der Waals surface area contributed by atoms with Gasteiger partial charge in [-0.2, -0.15) is 0 Å². The van der Waals surface area contributed by atoms with Crippen LogP contribution in [0.4, 0.5) is 0 Å². The van der Waals surface area contributed by atoms with Crippen molar-refractivity contribution in [2.75, 3.05) is 29.6 Å². The Morgan fingerprint density at radius 2 is 1.37 bits per heavy atom. The normalized spacial score (nSPS) is 25.1. The quantitative estimate of drug-likeness (QED) is 0.317. The van der Waals surface area contributed by atoms with E-state index < -0.39 is 0 Å². The van der Waals surface area contributed by atoms with Crippen LogP contribution in [-0.2, 0) is 0 Å². The van der Waals surface area contributed by atoms with Crippen molar-refractivity contribution in [2.45, 2.75) is 73.5 Å². The van der Waals surface area contributed by atoms with Gasteiger partial charge in [-0.1, -0.05) is 48.9 Å². The Balaban J connectivity index is 1.08. The molecule has 3 aromatic carbocycles. The Morgan fingerprint density at radius 3 is 2.17 bits per heavy atom. The average molecular weight is 507 g/mol. The largest absolute Gasteiger partial charge is 0.493 e. The first-order valence-electron chi connectivity index (χ1n) is 14.1. The molecule has 3 heteroatoms. The van der Waals surface area contributed by atoms with E-state index in [9.17, 15) is 0 Å². The summed E-state index contributed by atoms with van der Waals surface area (Å²) in [4.78, 5) is 3.29. The SMILES string of the molecule is c1cc(C2CCC(COc3ccc([SH]4CCCC4)c4ccccc34)CC2)cc([SH]2CCCCC2)c1. The van der Waals surface area contributed by atoms with E-state index in [-0.39, 0.29) is 21.8 Å². The van der Waals surface area contributed by atoms with E-state index in [1.807, 2.05) is 0 Å². The van der Waals surface area contributed by atoms with Crippen molar-refractivity contribution in [3.05, 3.63) is 66.2 Å². The fraction of sp³-hybridized carbons (Fsp3) is 0.500. The zero-order valence-corrected chi connectivity index (χ0v) is 22.9. The minimum absolute atomic E-state index is 0.0375. The Bertz CT molecular complexity index is 1120. The Hall–Kier alpha value is -1.58. The molecular formula is C32H42OS2. The summed E-state index contributed by atoms with van der Waals surface area (Å²) in [6.07, 6.45) is 12.4. The molecule has 1 nitrogen and oxygen atoms in total. The first-order chi connectivity index (χ1) is 17.3. The van der Waals surface area contributed by atoms with Crippen LogP contribution in [0.5, 0.6) is 5.75 Å². The second-order valence-corrected chi connectivity index (χ2v) is 15.9. The molecule has 0 N–H and O–H groups in total. The molecule has 2 heterocycles. The molecule has 2 aliphatic heterocycles. The van der Waals surface area contributed by atoms with E-state index in [2.05, 4.69) is 60.7 Å². The van der Waals surface area contributed by atoms with E-state index >= 15 is 0 Å². The maximum absolute atomic E-state index is 6.53. The molecule has 0 unspecified atom stereocenters. The predicted octanol–water partition coefficient (Wildman–Crippen LogP) is 8.89. The summed E-state index contributed by atoms with van der Waals surface area (Å²) >= 11 is 0. The van der Waals surface area contributed by atoms with Gasteiger partial charge < -0.3 is 4.74 Å². The highest BCUT2D eigenvalue weighted by Gasteiger charge is 2.24. The molecular weight excluding hydrogens is 464 g/mol. The van der Waals surface area contributed by atoms with E-state index in [1.54, 1.807) is 15.4 Å². The molecule has 0 aromatic heterocycles. The van der Waals surface area contributed by atoms with Crippen LogP contribution in [0.3, 0.4) is 0 Å². The number of rotatable bonds is 6. The van der Waals surface area contributed by atoms with Crippen LogP contribution in [-0.4, -0.2) is 29.6 Å². The minimum atomic E-state index is 0.0375. The molecule has 1 saturated carbocycles. The van der Waals surface area contributed by atoms with E-state index in [1.165, 1.54) is 91.6 Å². The van der Waals surface area contributed by atoms with Gasteiger partial charge in [0.15, 0.2) is 0 Å².